The first-order valence-electron chi connectivity index (χ1n) is 9.21. The first kappa shape index (κ1) is 19.1. The van der Waals surface area contributed by atoms with Gasteiger partial charge >= 0.3 is 5.97 Å². The van der Waals surface area contributed by atoms with Crippen LogP contribution in [0.1, 0.15) is 21.5 Å². The summed E-state index contributed by atoms with van der Waals surface area (Å²) in [6.07, 6.45) is 1.77. The summed E-state index contributed by atoms with van der Waals surface area (Å²) in [5.74, 6) is 0.0762. The van der Waals surface area contributed by atoms with Gasteiger partial charge in [0.25, 0.3) is 0 Å². The minimum Gasteiger partial charge on any atom is -0.422 e. The van der Waals surface area contributed by atoms with E-state index in [-0.39, 0.29) is 0 Å². The number of rotatable bonds is 4. The number of nitrogens with zero attached hydrogens (tertiary/aromatic N) is 1. The maximum absolute atomic E-state index is 12.7. The Morgan fingerprint density at radius 3 is 2.41 bits per heavy atom. The number of halogens is 1. The summed E-state index contributed by atoms with van der Waals surface area (Å²) < 4.78 is 6.66. The lowest BCUT2D eigenvalue weighted by Gasteiger charge is -2.11. The molecule has 4 aromatic rings. The minimum absolute atomic E-state index is 0.404. The van der Waals surface area contributed by atoms with Crippen molar-refractivity contribution >= 4 is 44.6 Å². The number of carbonyl (C=O) groups is 1. The van der Waals surface area contributed by atoms with Crippen molar-refractivity contribution in [2.45, 2.75) is 6.92 Å². The second kappa shape index (κ2) is 8.41. The van der Waals surface area contributed by atoms with Gasteiger partial charge in [-0.15, -0.1) is 0 Å². The molecular weight excluding hydrogens is 426 g/mol. The topological polar surface area (TPSA) is 38.7 Å². The molecule has 29 heavy (non-hydrogen) atoms. The Hall–Kier alpha value is -3.24. The van der Waals surface area contributed by atoms with Crippen LogP contribution < -0.4 is 4.74 Å². The lowest BCUT2D eigenvalue weighted by Crippen LogP contribution is -2.10. The average Bonchev–Trinajstić information content (AvgIpc) is 2.74. The van der Waals surface area contributed by atoms with Crippen molar-refractivity contribution in [1.82, 2.24) is 0 Å². The second-order valence-electron chi connectivity index (χ2n) is 6.64. The molecule has 0 aliphatic heterocycles. The van der Waals surface area contributed by atoms with Crippen molar-refractivity contribution in [1.29, 1.82) is 0 Å². The van der Waals surface area contributed by atoms with Gasteiger partial charge in [0.1, 0.15) is 5.75 Å². The SMILES string of the molecule is Cc1ccccc1N=Cc1c(OC(=O)c2ccc(Br)cc2)ccc2ccccc12. The molecule has 0 fully saturated rings. The third-order valence-electron chi connectivity index (χ3n) is 4.66. The van der Waals surface area contributed by atoms with Crippen LogP contribution in [-0.4, -0.2) is 12.2 Å². The quantitative estimate of drug-likeness (QED) is 0.196. The van der Waals surface area contributed by atoms with E-state index in [0.29, 0.717) is 11.3 Å². The third-order valence-corrected chi connectivity index (χ3v) is 5.19. The van der Waals surface area contributed by atoms with Crippen molar-refractivity contribution in [3.05, 3.63) is 106 Å². The Labute approximate surface area is 177 Å². The van der Waals surface area contributed by atoms with E-state index < -0.39 is 5.97 Å². The zero-order valence-electron chi connectivity index (χ0n) is 15.8. The summed E-state index contributed by atoms with van der Waals surface area (Å²) in [5, 5.41) is 2.04. The van der Waals surface area contributed by atoms with Gasteiger partial charge in [-0.25, -0.2) is 4.79 Å². The smallest absolute Gasteiger partial charge is 0.343 e. The predicted octanol–water partition coefficient (Wildman–Crippen LogP) is 6.88. The van der Waals surface area contributed by atoms with E-state index in [1.165, 1.54) is 0 Å². The van der Waals surface area contributed by atoms with Crippen LogP contribution in [0, 0.1) is 6.92 Å². The molecule has 0 atom stereocenters. The maximum atomic E-state index is 12.7. The molecule has 0 amide bonds. The largest absolute Gasteiger partial charge is 0.422 e. The molecule has 0 unspecified atom stereocenters. The minimum atomic E-state index is -0.404. The highest BCUT2D eigenvalue weighted by molar-refractivity contribution is 9.10. The third kappa shape index (κ3) is 4.28. The summed E-state index contributed by atoms with van der Waals surface area (Å²) >= 11 is 3.38. The molecule has 0 N–H and O–H groups in total. The highest BCUT2D eigenvalue weighted by atomic mass is 79.9. The molecule has 0 radical (unpaired) electrons. The fourth-order valence-electron chi connectivity index (χ4n) is 3.08. The van der Waals surface area contributed by atoms with Crippen LogP contribution in [0.2, 0.25) is 0 Å². The van der Waals surface area contributed by atoms with Gasteiger partial charge in [0.15, 0.2) is 0 Å². The monoisotopic (exact) mass is 443 g/mol. The molecule has 0 spiro atoms. The molecule has 4 rings (SSSR count). The number of hydrogen-bond donors (Lipinski definition) is 0. The van der Waals surface area contributed by atoms with Crippen molar-refractivity contribution < 1.29 is 9.53 Å². The number of carbonyl (C=O) groups excluding carboxylic acids is 1. The van der Waals surface area contributed by atoms with E-state index in [1.807, 2.05) is 79.7 Å². The number of hydrogen-bond acceptors (Lipinski definition) is 3. The van der Waals surface area contributed by atoms with Gasteiger partial charge < -0.3 is 4.74 Å². The van der Waals surface area contributed by atoms with Gasteiger partial charge in [-0.2, -0.15) is 0 Å². The van der Waals surface area contributed by atoms with E-state index >= 15 is 0 Å². The first-order valence-corrected chi connectivity index (χ1v) is 10.0. The lowest BCUT2D eigenvalue weighted by atomic mass is 10.0. The Kier molecular flexibility index (Phi) is 5.54. The van der Waals surface area contributed by atoms with Crippen LogP contribution in [0.3, 0.4) is 0 Å². The molecule has 0 aliphatic carbocycles. The van der Waals surface area contributed by atoms with Crippen molar-refractivity contribution in [3.63, 3.8) is 0 Å². The number of benzene rings is 4. The molecule has 142 valence electrons. The van der Waals surface area contributed by atoms with Crippen LogP contribution in [0.5, 0.6) is 5.75 Å². The lowest BCUT2D eigenvalue weighted by molar-refractivity contribution is 0.0734. The highest BCUT2D eigenvalue weighted by Gasteiger charge is 2.13. The Morgan fingerprint density at radius 1 is 0.897 bits per heavy atom. The summed E-state index contributed by atoms with van der Waals surface area (Å²) in [6, 6.07) is 26.8. The summed E-state index contributed by atoms with van der Waals surface area (Å²) in [5.41, 5.74) is 3.22. The number of para-hydroxylation sites is 1. The highest BCUT2D eigenvalue weighted by Crippen LogP contribution is 2.29. The number of ether oxygens (including phenoxy) is 1. The maximum Gasteiger partial charge on any atom is 0.343 e. The van der Waals surface area contributed by atoms with Crippen molar-refractivity contribution in [3.8, 4) is 5.75 Å². The molecule has 4 aromatic carbocycles. The fourth-order valence-corrected chi connectivity index (χ4v) is 3.35. The van der Waals surface area contributed by atoms with Crippen LogP contribution >= 0.6 is 15.9 Å². The fraction of sp³-hybridized carbons (Fsp3) is 0.0400. The number of fused-ring (bicyclic) bond motifs is 1. The van der Waals surface area contributed by atoms with E-state index in [0.717, 1.165) is 32.1 Å². The van der Waals surface area contributed by atoms with Gasteiger partial charge in [0.05, 0.1) is 11.3 Å². The van der Waals surface area contributed by atoms with E-state index in [1.54, 1.807) is 18.3 Å². The predicted molar refractivity (Wildman–Crippen MR) is 121 cm³/mol. The Morgan fingerprint density at radius 2 is 1.62 bits per heavy atom. The number of aryl methyl sites for hydroxylation is 1. The summed E-state index contributed by atoms with van der Waals surface area (Å²) in [4.78, 5) is 17.3. The van der Waals surface area contributed by atoms with Gasteiger partial charge in [-0.3, -0.25) is 4.99 Å². The van der Waals surface area contributed by atoms with Gasteiger partial charge in [0, 0.05) is 16.3 Å². The Bertz CT molecular complexity index is 1210. The van der Waals surface area contributed by atoms with Gasteiger partial charge in [0.2, 0.25) is 0 Å². The van der Waals surface area contributed by atoms with E-state index in [4.69, 9.17) is 4.74 Å². The van der Waals surface area contributed by atoms with E-state index in [9.17, 15) is 4.79 Å². The molecular formula is C25H18BrNO2. The molecule has 0 aliphatic rings. The van der Waals surface area contributed by atoms with E-state index in [2.05, 4.69) is 20.9 Å². The van der Waals surface area contributed by atoms with Crippen LogP contribution in [0.25, 0.3) is 10.8 Å². The Balaban J connectivity index is 1.75. The van der Waals surface area contributed by atoms with Crippen LogP contribution in [0.15, 0.2) is 94.4 Å². The number of aliphatic imine (C=N–C) groups is 1. The molecule has 0 bridgehead atoms. The van der Waals surface area contributed by atoms with Crippen LogP contribution in [-0.2, 0) is 0 Å². The molecule has 3 nitrogen and oxygen atoms in total. The van der Waals surface area contributed by atoms with Crippen molar-refractivity contribution in [2.24, 2.45) is 4.99 Å². The standard InChI is InChI=1S/C25H18BrNO2/c1-17-6-2-5-9-23(17)27-16-22-21-8-4-3-7-18(21)12-15-24(22)29-25(28)19-10-13-20(26)14-11-19/h2-16H,1H3. The van der Waals surface area contributed by atoms with Gasteiger partial charge in [-0.1, -0.05) is 64.5 Å². The first-order chi connectivity index (χ1) is 14.1. The molecule has 0 saturated carbocycles. The normalized spacial score (nSPS) is 11.1. The molecule has 0 aromatic heterocycles. The molecule has 4 heteroatoms. The summed E-state index contributed by atoms with van der Waals surface area (Å²) in [7, 11) is 0. The van der Waals surface area contributed by atoms with Crippen LogP contribution in [0.4, 0.5) is 5.69 Å². The second-order valence-corrected chi connectivity index (χ2v) is 7.56. The van der Waals surface area contributed by atoms with Gasteiger partial charge in [-0.05, 0) is 59.7 Å². The average molecular weight is 444 g/mol. The van der Waals surface area contributed by atoms with Crippen molar-refractivity contribution in [2.75, 3.05) is 0 Å². The molecule has 0 saturated heterocycles. The zero-order valence-corrected chi connectivity index (χ0v) is 17.4. The zero-order chi connectivity index (χ0) is 20.2. The number of esters is 1. The molecule has 0 heterocycles. The summed E-state index contributed by atoms with van der Waals surface area (Å²) in [6.45, 7) is 2.02.